The first-order valence-corrected chi connectivity index (χ1v) is 9.00. The van der Waals surface area contributed by atoms with Crippen LogP contribution in [0, 0.1) is 11.8 Å². The molecule has 4 heteroatoms. The smallest absolute Gasteiger partial charge is 0.220 e. The zero-order chi connectivity index (χ0) is 16.7. The van der Waals surface area contributed by atoms with E-state index in [0.717, 1.165) is 44.5 Å². The minimum absolute atomic E-state index is 0.0759. The third-order valence-electron chi connectivity index (χ3n) is 4.76. The van der Waals surface area contributed by atoms with E-state index in [2.05, 4.69) is 42.0 Å². The molecule has 1 amide bonds. The van der Waals surface area contributed by atoms with Crippen LogP contribution in [-0.2, 0) is 4.79 Å². The average molecular weight is 317 g/mol. The molecule has 1 saturated heterocycles. The maximum Gasteiger partial charge on any atom is 0.220 e. The van der Waals surface area contributed by atoms with Gasteiger partial charge in [-0.2, -0.15) is 0 Å². The van der Waals surface area contributed by atoms with Crippen molar-refractivity contribution in [1.29, 1.82) is 0 Å². The SMILES string of the molecule is CCN1CCC(CC(=O)N[C@H](CC(C)C)c2cccnc2)CC1. The van der Waals surface area contributed by atoms with Crippen LogP contribution in [0.2, 0.25) is 0 Å². The van der Waals surface area contributed by atoms with Crippen molar-refractivity contribution in [3.63, 3.8) is 0 Å². The van der Waals surface area contributed by atoms with Gasteiger partial charge in [-0.1, -0.05) is 26.8 Å². The number of hydrogen-bond acceptors (Lipinski definition) is 3. The topological polar surface area (TPSA) is 45.2 Å². The van der Waals surface area contributed by atoms with E-state index < -0.39 is 0 Å². The Balaban J connectivity index is 1.88. The van der Waals surface area contributed by atoms with Crippen molar-refractivity contribution < 1.29 is 4.79 Å². The van der Waals surface area contributed by atoms with Gasteiger partial charge in [-0.05, 0) is 62.4 Å². The van der Waals surface area contributed by atoms with Gasteiger partial charge in [0.25, 0.3) is 0 Å². The number of piperidine rings is 1. The molecule has 1 aliphatic rings. The van der Waals surface area contributed by atoms with Crippen molar-refractivity contribution in [3.8, 4) is 0 Å². The number of nitrogens with zero attached hydrogens (tertiary/aromatic N) is 2. The normalized spacial score (nSPS) is 18.1. The first-order valence-electron chi connectivity index (χ1n) is 9.00. The van der Waals surface area contributed by atoms with Gasteiger partial charge < -0.3 is 10.2 Å². The molecular weight excluding hydrogens is 286 g/mol. The largest absolute Gasteiger partial charge is 0.349 e. The van der Waals surface area contributed by atoms with Gasteiger partial charge >= 0.3 is 0 Å². The summed E-state index contributed by atoms with van der Waals surface area (Å²) in [7, 11) is 0. The van der Waals surface area contributed by atoms with Crippen LogP contribution in [-0.4, -0.2) is 35.4 Å². The number of carbonyl (C=O) groups is 1. The van der Waals surface area contributed by atoms with Gasteiger partial charge in [0.05, 0.1) is 6.04 Å². The molecular formula is C19H31N3O. The van der Waals surface area contributed by atoms with E-state index in [-0.39, 0.29) is 11.9 Å². The molecule has 1 aromatic heterocycles. The van der Waals surface area contributed by atoms with Crippen LogP contribution < -0.4 is 5.32 Å². The summed E-state index contributed by atoms with van der Waals surface area (Å²) < 4.78 is 0. The number of nitrogens with one attached hydrogen (secondary N) is 1. The summed E-state index contributed by atoms with van der Waals surface area (Å²) >= 11 is 0. The summed E-state index contributed by atoms with van der Waals surface area (Å²) in [5, 5.41) is 3.24. The van der Waals surface area contributed by atoms with E-state index in [4.69, 9.17) is 0 Å². The summed E-state index contributed by atoms with van der Waals surface area (Å²) in [6, 6.07) is 4.07. The van der Waals surface area contributed by atoms with Crippen LogP contribution in [0.4, 0.5) is 0 Å². The van der Waals surface area contributed by atoms with Crippen molar-refractivity contribution >= 4 is 5.91 Å². The molecule has 0 unspecified atom stereocenters. The number of aromatic nitrogens is 1. The fourth-order valence-electron chi connectivity index (χ4n) is 3.35. The molecule has 0 bridgehead atoms. The maximum atomic E-state index is 12.5. The Labute approximate surface area is 140 Å². The first-order chi connectivity index (χ1) is 11.1. The van der Waals surface area contributed by atoms with Crippen LogP contribution in [0.5, 0.6) is 0 Å². The minimum Gasteiger partial charge on any atom is -0.349 e. The van der Waals surface area contributed by atoms with Gasteiger partial charge in [0.1, 0.15) is 0 Å². The van der Waals surface area contributed by atoms with Crippen molar-refractivity contribution in [2.75, 3.05) is 19.6 Å². The fraction of sp³-hybridized carbons (Fsp3) is 0.684. The lowest BCUT2D eigenvalue weighted by Crippen LogP contribution is -2.36. The molecule has 1 atom stereocenters. The Kier molecular flexibility index (Phi) is 7.03. The zero-order valence-corrected chi connectivity index (χ0v) is 14.8. The Hall–Kier alpha value is -1.42. The van der Waals surface area contributed by atoms with Crippen LogP contribution in [0.1, 0.15) is 58.1 Å². The number of hydrogen-bond donors (Lipinski definition) is 1. The van der Waals surface area contributed by atoms with Crippen LogP contribution in [0.15, 0.2) is 24.5 Å². The monoisotopic (exact) mass is 317 g/mol. The lowest BCUT2D eigenvalue weighted by atomic mass is 9.92. The molecule has 1 fully saturated rings. The van der Waals surface area contributed by atoms with E-state index in [1.165, 1.54) is 0 Å². The molecule has 0 aromatic carbocycles. The molecule has 4 nitrogen and oxygen atoms in total. The Morgan fingerprint density at radius 1 is 1.39 bits per heavy atom. The lowest BCUT2D eigenvalue weighted by Gasteiger charge is -2.31. The highest BCUT2D eigenvalue weighted by molar-refractivity contribution is 5.76. The first kappa shape index (κ1) is 17.9. The summed E-state index contributed by atoms with van der Waals surface area (Å²) in [6.07, 6.45) is 7.54. The molecule has 0 aliphatic carbocycles. The zero-order valence-electron chi connectivity index (χ0n) is 14.8. The van der Waals surface area contributed by atoms with Crippen LogP contribution in [0.3, 0.4) is 0 Å². The van der Waals surface area contributed by atoms with Crippen LogP contribution in [0.25, 0.3) is 0 Å². The predicted octanol–water partition coefficient (Wildman–Crippen LogP) is 3.41. The second-order valence-electron chi connectivity index (χ2n) is 7.12. The third kappa shape index (κ3) is 5.94. The summed E-state index contributed by atoms with van der Waals surface area (Å²) in [5.74, 6) is 1.26. The van der Waals surface area contributed by atoms with Gasteiger partial charge in [0, 0.05) is 18.8 Å². The highest BCUT2D eigenvalue weighted by Gasteiger charge is 2.22. The average Bonchev–Trinajstić information content (AvgIpc) is 2.55. The predicted molar refractivity (Wildman–Crippen MR) is 94.0 cm³/mol. The molecule has 0 saturated carbocycles. The summed E-state index contributed by atoms with van der Waals surface area (Å²) in [5.41, 5.74) is 1.11. The van der Waals surface area contributed by atoms with Crippen molar-refractivity contribution in [1.82, 2.24) is 15.2 Å². The third-order valence-corrected chi connectivity index (χ3v) is 4.76. The maximum absolute atomic E-state index is 12.5. The van der Waals surface area contributed by atoms with Crippen molar-refractivity contribution in [2.24, 2.45) is 11.8 Å². The van der Waals surface area contributed by atoms with Gasteiger partial charge in [0.15, 0.2) is 0 Å². The summed E-state index contributed by atoms with van der Waals surface area (Å²) in [4.78, 5) is 19.1. The van der Waals surface area contributed by atoms with E-state index in [0.29, 0.717) is 18.3 Å². The summed E-state index contributed by atoms with van der Waals surface area (Å²) in [6.45, 7) is 9.97. The molecule has 1 N–H and O–H groups in total. The Morgan fingerprint density at radius 2 is 2.13 bits per heavy atom. The number of carbonyl (C=O) groups excluding carboxylic acids is 1. The number of pyridine rings is 1. The molecule has 128 valence electrons. The van der Waals surface area contributed by atoms with Gasteiger partial charge in [-0.25, -0.2) is 0 Å². The molecule has 1 aromatic rings. The highest BCUT2D eigenvalue weighted by atomic mass is 16.1. The fourth-order valence-corrected chi connectivity index (χ4v) is 3.35. The molecule has 2 rings (SSSR count). The second-order valence-corrected chi connectivity index (χ2v) is 7.12. The van der Waals surface area contributed by atoms with Gasteiger partial charge in [0.2, 0.25) is 5.91 Å². The van der Waals surface area contributed by atoms with Gasteiger partial charge in [-0.15, -0.1) is 0 Å². The van der Waals surface area contributed by atoms with Crippen molar-refractivity contribution in [2.45, 2.75) is 52.5 Å². The molecule has 1 aliphatic heterocycles. The van der Waals surface area contributed by atoms with E-state index in [1.54, 1.807) is 6.20 Å². The molecule has 0 spiro atoms. The number of rotatable bonds is 7. The standard InChI is InChI=1S/C19H31N3O/c1-4-22-10-7-16(8-11-22)13-19(23)21-18(12-15(2)3)17-6-5-9-20-14-17/h5-6,9,14-16,18H,4,7-8,10-13H2,1-3H3,(H,21,23)/t18-/m1/s1. The lowest BCUT2D eigenvalue weighted by molar-refractivity contribution is -0.123. The molecule has 23 heavy (non-hydrogen) atoms. The van der Waals surface area contributed by atoms with Crippen LogP contribution >= 0.6 is 0 Å². The Bertz CT molecular complexity index is 467. The second kappa shape index (κ2) is 9.02. The van der Waals surface area contributed by atoms with E-state index in [9.17, 15) is 4.79 Å². The van der Waals surface area contributed by atoms with Crippen molar-refractivity contribution in [3.05, 3.63) is 30.1 Å². The number of likely N-dealkylation sites (tertiary alicyclic amines) is 1. The quantitative estimate of drug-likeness (QED) is 0.838. The van der Waals surface area contributed by atoms with E-state index in [1.807, 2.05) is 12.3 Å². The molecule has 0 radical (unpaired) electrons. The minimum atomic E-state index is 0.0759. The molecule has 2 heterocycles. The Morgan fingerprint density at radius 3 is 2.70 bits per heavy atom. The number of amides is 1. The van der Waals surface area contributed by atoms with Gasteiger partial charge in [-0.3, -0.25) is 9.78 Å². The van der Waals surface area contributed by atoms with E-state index >= 15 is 0 Å². The highest BCUT2D eigenvalue weighted by Crippen LogP contribution is 2.23.